The summed E-state index contributed by atoms with van der Waals surface area (Å²) in [4.78, 5) is 13.4. The highest BCUT2D eigenvalue weighted by molar-refractivity contribution is 14.1. The average molecular weight is 600 g/mol. The fraction of sp³-hybridized carbons (Fsp3) is 0.158. The standard InChI is InChI=1S/C13H11IO4S.C6H5F3N2OS/c1-9-5-7-10(8-6-9)19(16,17)18-13-11(14)3-2-4-12(13)15;1-2(12)3-4(6(7,8)9)11-5(10)13-3/h2-8,15H,1H3;1H3,(H2,10,11). The number of carbonyl (C=O) groups excluding carboxylic acids is 1. The summed E-state index contributed by atoms with van der Waals surface area (Å²) in [6, 6.07) is 11.0. The van der Waals surface area contributed by atoms with Gasteiger partial charge >= 0.3 is 16.3 Å². The van der Waals surface area contributed by atoms with Crippen molar-refractivity contribution in [1.29, 1.82) is 0 Å². The number of rotatable bonds is 4. The van der Waals surface area contributed by atoms with E-state index in [9.17, 15) is 31.5 Å². The Morgan fingerprint density at radius 2 is 1.78 bits per heavy atom. The van der Waals surface area contributed by atoms with E-state index in [-0.39, 0.29) is 21.5 Å². The predicted octanol–water partition coefficient (Wildman–Crippen LogP) is 5.02. The molecule has 172 valence electrons. The number of benzene rings is 2. The third-order valence-corrected chi connectivity index (χ3v) is 6.75. The molecule has 0 saturated carbocycles. The SMILES string of the molecule is CC(=O)c1sc(N)nc1C(F)(F)F.Cc1ccc(S(=O)(=O)Oc2c(O)cccc2I)cc1. The first kappa shape index (κ1) is 25.9. The van der Waals surface area contributed by atoms with Gasteiger partial charge in [0.05, 0.1) is 3.57 Å². The number of phenols is 1. The molecule has 0 fully saturated rings. The molecule has 0 spiro atoms. The summed E-state index contributed by atoms with van der Waals surface area (Å²) in [5.41, 5.74) is 4.83. The van der Waals surface area contributed by atoms with E-state index in [4.69, 9.17) is 9.92 Å². The number of hydrogen-bond donors (Lipinski definition) is 2. The first-order chi connectivity index (χ1) is 14.7. The Hall–Kier alpha value is -2.39. The molecule has 3 rings (SSSR count). The Morgan fingerprint density at radius 1 is 1.19 bits per heavy atom. The molecule has 0 aliphatic rings. The lowest BCUT2D eigenvalue weighted by atomic mass is 10.2. The number of thiazole rings is 1. The number of anilines is 1. The molecule has 0 aliphatic heterocycles. The van der Waals surface area contributed by atoms with Gasteiger partial charge in [-0.15, -0.1) is 0 Å². The first-order valence-electron chi connectivity index (χ1n) is 8.55. The van der Waals surface area contributed by atoms with Crippen LogP contribution >= 0.6 is 33.9 Å². The quantitative estimate of drug-likeness (QED) is 0.245. The molecule has 0 aliphatic carbocycles. The van der Waals surface area contributed by atoms with Gasteiger partial charge in [0.15, 0.2) is 28.1 Å². The van der Waals surface area contributed by atoms with Crippen molar-refractivity contribution >= 4 is 55.0 Å². The van der Waals surface area contributed by atoms with Crippen LogP contribution < -0.4 is 9.92 Å². The third kappa shape index (κ3) is 6.56. The first-order valence-corrected chi connectivity index (χ1v) is 11.9. The number of aromatic nitrogens is 1. The Labute approximate surface area is 199 Å². The molecule has 2 aromatic carbocycles. The lowest BCUT2D eigenvalue weighted by molar-refractivity contribution is -0.140. The van der Waals surface area contributed by atoms with Crippen molar-refractivity contribution in [2.75, 3.05) is 5.73 Å². The maximum atomic E-state index is 12.2. The Kier molecular flexibility index (Phi) is 8.12. The van der Waals surface area contributed by atoms with Crippen LogP contribution in [0.5, 0.6) is 11.5 Å². The number of aryl methyl sites for hydroxylation is 1. The Balaban J connectivity index is 0.000000244. The number of Topliss-reactive ketones (excluding diaryl/α,β-unsaturated/α-hetero) is 1. The molecule has 0 radical (unpaired) electrons. The largest absolute Gasteiger partial charge is 0.504 e. The summed E-state index contributed by atoms with van der Waals surface area (Å²) in [7, 11) is -3.94. The van der Waals surface area contributed by atoms with Gasteiger partial charge in [-0.3, -0.25) is 4.79 Å². The highest BCUT2D eigenvalue weighted by Crippen LogP contribution is 2.35. The van der Waals surface area contributed by atoms with Gasteiger partial charge in [-0.05, 0) is 53.8 Å². The molecule has 3 N–H and O–H groups in total. The number of aromatic hydroxyl groups is 1. The lowest BCUT2D eigenvalue weighted by Crippen LogP contribution is -2.10. The molecule has 0 amide bonds. The maximum absolute atomic E-state index is 12.2. The van der Waals surface area contributed by atoms with E-state index in [1.54, 1.807) is 24.3 Å². The van der Waals surface area contributed by atoms with Crippen LogP contribution in [0.3, 0.4) is 0 Å². The molecule has 0 atom stereocenters. The minimum Gasteiger partial charge on any atom is -0.504 e. The second-order valence-electron chi connectivity index (χ2n) is 6.22. The van der Waals surface area contributed by atoms with Crippen LogP contribution in [-0.4, -0.2) is 24.3 Å². The number of nitrogens with zero attached hydrogens (tertiary/aromatic N) is 1. The summed E-state index contributed by atoms with van der Waals surface area (Å²) in [6.45, 7) is 2.91. The van der Waals surface area contributed by atoms with E-state index in [2.05, 4.69) is 4.98 Å². The topological polar surface area (TPSA) is 120 Å². The number of carbonyl (C=O) groups is 1. The van der Waals surface area contributed by atoms with Gasteiger partial charge < -0.3 is 15.0 Å². The second-order valence-corrected chi connectivity index (χ2v) is 9.96. The maximum Gasteiger partial charge on any atom is 0.435 e. The van der Waals surface area contributed by atoms with E-state index in [1.807, 2.05) is 29.5 Å². The van der Waals surface area contributed by atoms with Crippen molar-refractivity contribution in [2.45, 2.75) is 24.9 Å². The van der Waals surface area contributed by atoms with Crippen LogP contribution in [0.2, 0.25) is 0 Å². The highest BCUT2D eigenvalue weighted by atomic mass is 127. The van der Waals surface area contributed by atoms with Gasteiger partial charge in [0.1, 0.15) is 9.77 Å². The summed E-state index contributed by atoms with van der Waals surface area (Å²) in [5.74, 6) is -0.937. The number of para-hydroxylation sites is 1. The van der Waals surface area contributed by atoms with E-state index < -0.39 is 32.6 Å². The van der Waals surface area contributed by atoms with Gasteiger partial charge in [0.25, 0.3) is 0 Å². The summed E-state index contributed by atoms with van der Waals surface area (Å²) in [6.07, 6.45) is -4.62. The average Bonchev–Trinajstić information content (AvgIpc) is 3.09. The van der Waals surface area contributed by atoms with E-state index >= 15 is 0 Å². The molecular weight excluding hydrogens is 584 g/mol. The zero-order chi connectivity index (χ0) is 24.3. The smallest absolute Gasteiger partial charge is 0.435 e. The number of hydrogen-bond acceptors (Lipinski definition) is 8. The third-order valence-electron chi connectivity index (χ3n) is 3.68. The van der Waals surface area contributed by atoms with Gasteiger partial charge in [-0.25, -0.2) is 4.98 Å². The number of alkyl halides is 3. The van der Waals surface area contributed by atoms with E-state index in [0.29, 0.717) is 14.9 Å². The van der Waals surface area contributed by atoms with Crippen LogP contribution in [0.4, 0.5) is 18.3 Å². The van der Waals surface area contributed by atoms with Crippen molar-refractivity contribution in [3.63, 3.8) is 0 Å². The van der Waals surface area contributed by atoms with Crippen LogP contribution in [0, 0.1) is 10.5 Å². The van der Waals surface area contributed by atoms with Gasteiger partial charge in [0.2, 0.25) is 0 Å². The Bertz CT molecular complexity index is 1210. The van der Waals surface area contributed by atoms with E-state index in [0.717, 1.165) is 12.5 Å². The summed E-state index contributed by atoms with van der Waals surface area (Å²) in [5, 5.41) is 9.40. The molecule has 1 heterocycles. The number of nitrogens with two attached hydrogens (primary N) is 1. The fourth-order valence-corrected chi connectivity index (χ4v) is 4.66. The molecular formula is C19H16F3IN2O5S2. The molecule has 0 saturated heterocycles. The van der Waals surface area contributed by atoms with Gasteiger partial charge in [-0.2, -0.15) is 21.6 Å². The molecule has 13 heteroatoms. The van der Waals surface area contributed by atoms with Crippen molar-refractivity contribution in [3.05, 3.63) is 62.2 Å². The van der Waals surface area contributed by atoms with Crippen LogP contribution in [0.1, 0.15) is 27.9 Å². The summed E-state index contributed by atoms with van der Waals surface area (Å²) < 4.78 is 66.2. The predicted molar refractivity (Wildman–Crippen MR) is 121 cm³/mol. The molecule has 0 bridgehead atoms. The van der Waals surface area contributed by atoms with Crippen LogP contribution in [0.25, 0.3) is 0 Å². The number of halogens is 4. The van der Waals surface area contributed by atoms with Gasteiger partial charge in [-0.1, -0.05) is 35.1 Å². The van der Waals surface area contributed by atoms with Crippen LogP contribution in [-0.2, 0) is 16.3 Å². The highest BCUT2D eigenvalue weighted by Gasteiger charge is 2.38. The Morgan fingerprint density at radius 3 is 2.25 bits per heavy atom. The van der Waals surface area contributed by atoms with Crippen molar-refractivity contribution < 1.29 is 35.7 Å². The minimum absolute atomic E-state index is 0.0522. The number of nitrogen functional groups attached to an aromatic ring is 1. The zero-order valence-electron chi connectivity index (χ0n) is 16.5. The normalized spacial score (nSPS) is 11.4. The molecule has 0 unspecified atom stereocenters. The van der Waals surface area contributed by atoms with Crippen molar-refractivity contribution in [1.82, 2.24) is 4.98 Å². The molecule has 1 aromatic heterocycles. The number of ketones is 1. The summed E-state index contributed by atoms with van der Waals surface area (Å²) >= 11 is 2.45. The fourth-order valence-electron chi connectivity index (χ4n) is 2.21. The minimum atomic E-state index is -4.62. The van der Waals surface area contributed by atoms with Gasteiger partial charge in [0, 0.05) is 6.92 Å². The van der Waals surface area contributed by atoms with Crippen LogP contribution in [0.15, 0.2) is 47.4 Å². The zero-order valence-corrected chi connectivity index (χ0v) is 20.3. The molecule has 3 aromatic rings. The number of phenolic OH excluding ortho intramolecular Hbond substituents is 1. The van der Waals surface area contributed by atoms with Crippen molar-refractivity contribution in [3.8, 4) is 11.5 Å². The monoisotopic (exact) mass is 600 g/mol. The molecule has 7 nitrogen and oxygen atoms in total. The molecule has 32 heavy (non-hydrogen) atoms. The van der Waals surface area contributed by atoms with Crippen molar-refractivity contribution in [2.24, 2.45) is 0 Å². The van der Waals surface area contributed by atoms with E-state index in [1.165, 1.54) is 18.2 Å². The second kappa shape index (κ2) is 10.0. The lowest BCUT2D eigenvalue weighted by Gasteiger charge is -2.10.